The number of hydrogen-bond acceptors (Lipinski definition) is 8. The zero-order valence-corrected chi connectivity index (χ0v) is 23.4. The molecule has 1 saturated heterocycles. The van der Waals surface area contributed by atoms with Gasteiger partial charge in [0.25, 0.3) is 0 Å². The fourth-order valence-electron chi connectivity index (χ4n) is 5.69. The van der Waals surface area contributed by atoms with E-state index in [1.807, 2.05) is 4.90 Å². The van der Waals surface area contributed by atoms with Crippen molar-refractivity contribution in [3.05, 3.63) is 100 Å². The van der Waals surface area contributed by atoms with Gasteiger partial charge in [0.15, 0.2) is 5.65 Å². The molecule has 6 aromatic rings. The molecule has 1 unspecified atom stereocenters. The van der Waals surface area contributed by atoms with E-state index in [0.29, 0.717) is 59.8 Å². The molecular formula is C32H25F3N6O3. The predicted octanol–water partition coefficient (Wildman–Crippen LogP) is 5.71. The lowest BCUT2D eigenvalue weighted by molar-refractivity contribution is 0.122. The Bertz CT molecular complexity index is 2110. The minimum absolute atomic E-state index is 0.0364. The van der Waals surface area contributed by atoms with Crippen LogP contribution in [-0.2, 0) is 4.74 Å². The van der Waals surface area contributed by atoms with Gasteiger partial charge in [0, 0.05) is 18.7 Å². The number of fused-ring (bicyclic) bond motifs is 2. The van der Waals surface area contributed by atoms with E-state index in [-0.39, 0.29) is 28.1 Å². The molecule has 12 heteroatoms. The minimum atomic E-state index is -0.807. The van der Waals surface area contributed by atoms with Crippen molar-refractivity contribution in [1.29, 1.82) is 0 Å². The quantitative estimate of drug-likeness (QED) is 0.269. The van der Waals surface area contributed by atoms with Crippen LogP contribution in [0, 0.1) is 17.5 Å². The van der Waals surface area contributed by atoms with E-state index in [0.717, 1.165) is 0 Å². The first kappa shape index (κ1) is 27.6. The van der Waals surface area contributed by atoms with Gasteiger partial charge in [-0.1, -0.05) is 24.3 Å². The van der Waals surface area contributed by atoms with Gasteiger partial charge in [0.2, 0.25) is 5.43 Å². The van der Waals surface area contributed by atoms with Gasteiger partial charge in [0.05, 0.1) is 29.9 Å². The smallest absolute Gasteiger partial charge is 0.203 e. The Morgan fingerprint density at radius 1 is 0.909 bits per heavy atom. The summed E-state index contributed by atoms with van der Waals surface area (Å²) in [5.41, 5.74) is 7.64. The zero-order valence-electron chi connectivity index (χ0n) is 23.4. The van der Waals surface area contributed by atoms with E-state index >= 15 is 4.39 Å². The summed E-state index contributed by atoms with van der Waals surface area (Å²) < 4.78 is 57.3. The maximum absolute atomic E-state index is 15.5. The second kappa shape index (κ2) is 10.8. The first-order chi connectivity index (χ1) is 21.3. The average Bonchev–Trinajstić information content (AvgIpc) is 3.42. The number of hydrogen-bond donors (Lipinski definition) is 1. The molecule has 1 aliphatic heterocycles. The molecule has 3 aromatic carbocycles. The van der Waals surface area contributed by atoms with E-state index in [1.165, 1.54) is 59.5 Å². The average molecular weight is 599 g/mol. The third-order valence-electron chi connectivity index (χ3n) is 7.87. The highest BCUT2D eigenvalue weighted by Crippen LogP contribution is 2.37. The monoisotopic (exact) mass is 598 g/mol. The van der Waals surface area contributed by atoms with Gasteiger partial charge in [-0.05, 0) is 48.9 Å². The molecule has 0 radical (unpaired) electrons. The van der Waals surface area contributed by atoms with E-state index in [2.05, 4.69) is 9.97 Å². The van der Waals surface area contributed by atoms with Crippen LogP contribution in [0.15, 0.2) is 76.2 Å². The van der Waals surface area contributed by atoms with Crippen LogP contribution in [0.2, 0.25) is 0 Å². The second-order valence-corrected chi connectivity index (χ2v) is 10.5. The summed E-state index contributed by atoms with van der Waals surface area (Å²) in [6.45, 7) is 3.90. The molecule has 7 rings (SSSR count). The highest BCUT2D eigenvalue weighted by atomic mass is 19.1. The summed E-state index contributed by atoms with van der Waals surface area (Å²) in [4.78, 5) is 24.3. The lowest BCUT2D eigenvalue weighted by Crippen LogP contribution is -2.36. The normalized spacial score (nSPS) is 14.4. The third-order valence-corrected chi connectivity index (χ3v) is 7.87. The molecule has 0 bridgehead atoms. The number of rotatable bonds is 5. The molecule has 1 aliphatic rings. The molecular weight excluding hydrogens is 573 g/mol. The van der Waals surface area contributed by atoms with Gasteiger partial charge in [-0.3, -0.25) is 4.79 Å². The molecule has 1 atom stereocenters. The van der Waals surface area contributed by atoms with Crippen molar-refractivity contribution in [2.45, 2.75) is 13.0 Å². The molecule has 0 amide bonds. The molecule has 9 nitrogen and oxygen atoms in total. The van der Waals surface area contributed by atoms with Gasteiger partial charge in [-0.25, -0.2) is 27.8 Å². The lowest BCUT2D eigenvalue weighted by Gasteiger charge is -2.29. The number of halogens is 3. The van der Waals surface area contributed by atoms with Crippen molar-refractivity contribution in [2.75, 3.05) is 36.9 Å². The first-order valence-electron chi connectivity index (χ1n) is 13.9. The molecule has 1 fully saturated rings. The summed E-state index contributed by atoms with van der Waals surface area (Å²) in [5, 5.41) is 4.95. The highest BCUT2D eigenvalue weighted by Gasteiger charge is 2.28. The fraction of sp³-hybridized carbons (Fsp3) is 0.188. The van der Waals surface area contributed by atoms with Crippen LogP contribution in [0.1, 0.15) is 18.7 Å². The number of anilines is 2. The maximum Gasteiger partial charge on any atom is 0.203 e. The van der Waals surface area contributed by atoms with Crippen LogP contribution in [0.25, 0.3) is 44.4 Å². The maximum atomic E-state index is 15.5. The molecule has 0 spiro atoms. The molecule has 3 aromatic heterocycles. The van der Waals surface area contributed by atoms with E-state index in [1.54, 1.807) is 19.1 Å². The Kier molecular flexibility index (Phi) is 6.77. The van der Waals surface area contributed by atoms with Crippen LogP contribution in [0.5, 0.6) is 0 Å². The van der Waals surface area contributed by atoms with Crippen molar-refractivity contribution >= 4 is 33.5 Å². The number of benzene rings is 3. The molecule has 44 heavy (non-hydrogen) atoms. The third kappa shape index (κ3) is 4.54. The number of nitrogens with zero attached hydrogens (tertiary/aromatic N) is 5. The number of aromatic nitrogens is 4. The molecule has 0 aliphatic carbocycles. The molecule has 4 heterocycles. The lowest BCUT2D eigenvalue weighted by atomic mass is 9.99. The van der Waals surface area contributed by atoms with Gasteiger partial charge in [-0.15, -0.1) is 0 Å². The van der Waals surface area contributed by atoms with Crippen LogP contribution in [0.3, 0.4) is 0 Å². The number of nitrogens with two attached hydrogens (primary N) is 1. The Morgan fingerprint density at radius 2 is 1.66 bits per heavy atom. The number of ether oxygens (including phenoxy) is 1. The summed E-state index contributed by atoms with van der Waals surface area (Å²) >= 11 is 0. The van der Waals surface area contributed by atoms with Crippen LogP contribution >= 0.6 is 0 Å². The van der Waals surface area contributed by atoms with Crippen LogP contribution in [-0.4, -0.2) is 46.1 Å². The Labute approximate surface area is 248 Å². The zero-order chi connectivity index (χ0) is 30.5. The van der Waals surface area contributed by atoms with Crippen LogP contribution < -0.4 is 16.1 Å². The number of morpholine rings is 1. The van der Waals surface area contributed by atoms with Gasteiger partial charge >= 0.3 is 0 Å². The van der Waals surface area contributed by atoms with Crippen molar-refractivity contribution in [1.82, 2.24) is 19.7 Å². The van der Waals surface area contributed by atoms with Gasteiger partial charge in [0.1, 0.15) is 58.1 Å². The largest absolute Gasteiger partial charge is 0.458 e. The molecule has 2 N–H and O–H groups in total. The first-order valence-corrected chi connectivity index (χ1v) is 13.9. The minimum Gasteiger partial charge on any atom is -0.458 e. The van der Waals surface area contributed by atoms with Gasteiger partial charge in [-0.2, -0.15) is 5.10 Å². The van der Waals surface area contributed by atoms with E-state index in [9.17, 15) is 13.6 Å². The summed E-state index contributed by atoms with van der Waals surface area (Å²) in [7, 11) is 0. The van der Waals surface area contributed by atoms with E-state index in [4.69, 9.17) is 20.0 Å². The standard InChI is InChI=1S/C32H25F3N6O3/c1-17(30-25(18-5-8-20(33)9-6-18)29(42)26-21(34)3-2-4-24(26)44-30)41-32-27(31(36)37-16-38-32)28(39-41)19-7-10-23(22(35)15-19)40-11-13-43-14-12-40/h2-10,15-17H,11-14H2,1H3,(H2,36,37,38). The highest BCUT2D eigenvalue weighted by molar-refractivity contribution is 5.98. The Balaban J connectivity index is 1.42. The van der Waals surface area contributed by atoms with Crippen molar-refractivity contribution in [3.63, 3.8) is 0 Å². The Morgan fingerprint density at radius 3 is 2.41 bits per heavy atom. The summed E-state index contributed by atoms with van der Waals surface area (Å²) in [6.07, 6.45) is 1.28. The SMILES string of the molecule is CC(c1oc2cccc(F)c2c(=O)c1-c1ccc(F)cc1)n1nc(-c2ccc(N3CCOCC3)c(F)c2)c2c(N)ncnc21. The van der Waals surface area contributed by atoms with Crippen molar-refractivity contribution < 1.29 is 22.3 Å². The van der Waals surface area contributed by atoms with E-state index < -0.39 is 28.9 Å². The summed E-state index contributed by atoms with van der Waals surface area (Å²) in [5.74, 6) is -1.41. The van der Waals surface area contributed by atoms with Gasteiger partial charge < -0.3 is 19.8 Å². The fourth-order valence-corrected chi connectivity index (χ4v) is 5.69. The molecule has 0 saturated carbocycles. The predicted molar refractivity (Wildman–Crippen MR) is 160 cm³/mol. The number of nitrogen functional groups attached to an aromatic ring is 1. The topological polar surface area (TPSA) is 112 Å². The van der Waals surface area contributed by atoms with Crippen LogP contribution in [0.4, 0.5) is 24.7 Å². The van der Waals surface area contributed by atoms with Crippen molar-refractivity contribution in [2.24, 2.45) is 0 Å². The van der Waals surface area contributed by atoms with Crippen molar-refractivity contribution in [3.8, 4) is 22.4 Å². The second-order valence-electron chi connectivity index (χ2n) is 10.5. The summed E-state index contributed by atoms with van der Waals surface area (Å²) in [6, 6.07) is 13.4. The molecule has 222 valence electrons. The Hall–Kier alpha value is -5.23.